The number of hydrogen-bond acceptors (Lipinski definition) is 4. The normalized spacial score (nSPS) is 17.5. The van der Waals surface area contributed by atoms with Gasteiger partial charge in [-0.2, -0.15) is 0 Å². The number of hydrogen-bond donors (Lipinski definition) is 1. The number of amides is 1. The van der Waals surface area contributed by atoms with E-state index in [2.05, 4.69) is 0 Å². The van der Waals surface area contributed by atoms with Gasteiger partial charge in [-0.15, -0.1) is 0 Å². The van der Waals surface area contributed by atoms with Gasteiger partial charge in [0.2, 0.25) is 5.91 Å². The Labute approximate surface area is 126 Å². The number of nitrogens with zero attached hydrogens (tertiary/aromatic N) is 1. The van der Waals surface area contributed by atoms with E-state index in [9.17, 15) is 4.79 Å². The predicted molar refractivity (Wildman–Crippen MR) is 81.1 cm³/mol. The van der Waals surface area contributed by atoms with E-state index in [4.69, 9.17) is 15.2 Å². The predicted octanol–water partition coefficient (Wildman–Crippen LogP) is 1.42. The summed E-state index contributed by atoms with van der Waals surface area (Å²) in [6.07, 6.45) is 2.08. The fourth-order valence-electron chi connectivity index (χ4n) is 2.50. The zero-order chi connectivity index (χ0) is 15.1. The first-order valence-corrected chi connectivity index (χ1v) is 7.45. The molecule has 1 heterocycles. The van der Waals surface area contributed by atoms with E-state index in [0.29, 0.717) is 13.0 Å². The summed E-state index contributed by atoms with van der Waals surface area (Å²) in [4.78, 5) is 14.0. The van der Waals surface area contributed by atoms with Gasteiger partial charge in [-0.1, -0.05) is 18.2 Å². The van der Waals surface area contributed by atoms with Crippen LogP contribution in [-0.2, 0) is 9.53 Å². The first-order valence-electron chi connectivity index (χ1n) is 7.45. The van der Waals surface area contributed by atoms with Crippen molar-refractivity contribution in [2.24, 2.45) is 5.73 Å². The molecular formula is C16H24N2O3. The van der Waals surface area contributed by atoms with Gasteiger partial charge in [-0.05, 0) is 12.1 Å². The van der Waals surface area contributed by atoms with Crippen LogP contribution in [0.5, 0.6) is 5.75 Å². The van der Waals surface area contributed by atoms with Crippen LogP contribution in [0.1, 0.15) is 19.3 Å². The molecule has 116 valence electrons. The van der Waals surface area contributed by atoms with Crippen molar-refractivity contribution in [1.29, 1.82) is 0 Å². The maximum Gasteiger partial charge on any atom is 0.225 e. The van der Waals surface area contributed by atoms with E-state index >= 15 is 0 Å². The maximum atomic E-state index is 12.1. The number of nitrogens with two attached hydrogens (primary N) is 1. The molecule has 0 radical (unpaired) electrons. The number of carbonyl (C=O) groups excluding carboxylic acids is 1. The van der Waals surface area contributed by atoms with Crippen molar-refractivity contribution < 1.29 is 14.3 Å². The summed E-state index contributed by atoms with van der Waals surface area (Å²) in [6.45, 7) is 1.84. The first kappa shape index (κ1) is 15.8. The lowest BCUT2D eigenvalue weighted by molar-refractivity contribution is -0.135. The Morgan fingerprint density at radius 2 is 2.00 bits per heavy atom. The van der Waals surface area contributed by atoms with Gasteiger partial charge in [0, 0.05) is 39.6 Å². The molecule has 0 saturated carbocycles. The summed E-state index contributed by atoms with van der Waals surface area (Å²) in [7, 11) is 1.59. The number of benzene rings is 1. The second-order valence-corrected chi connectivity index (χ2v) is 5.31. The molecule has 2 N–H and O–H groups in total. The van der Waals surface area contributed by atoms with Crippen molar-refractivity contribution in [3.8, 4) is 5.75 Å². The number of piperidine rings is 1. The summed E-state index contributed by atoms with van der Waals surface area (Å²) in [5, 5.41) is 0. The summed E-state index contributed by atoms with van der Waals surface area (Å²) < 4.78 is 11.1. The molecule has 1 unspecified atom stereocenters. The number of rotatable bonds is 6. The average Bonchev–Trinajstić information content (AvgIpc) is 2.54. The van der Waals surface area contributed by atoms with E-state index in [1.807, 2.05) is 35.2 Å². The molecule has 1 saturated heterocycles. The van der Waals surface area contributed by atoms with E-state index in [1.165, 1.54) is 0 Å². The third-order valence-corrected chi connectivity index (χ3v) is 3.84. The third-order valence-electron chi connectivity index (χ3n) is 3.84. The lowest BCUT2D eigenvalue weighted by Crippen LogP contribution is -2.43. The highest BCUT2D eigenvalue weighted by atomic mass is 16.5. The largest absolute Gasteiger partial charge is 0.490 e. The zero-order valence-corrected chi connectivity index (χ0v) is 12.5. The fourth-order valence-corrected chi connectivity index (χ4v) is 2.50. The van der Waals surface area contributed by atoms with E-state index in [1.54, 1.807) is 7.11 Å². The first-order chi connectivity index (χ1) is 10.2. The van der Waals surface area contributed by atoms with Crippen LogP contribution >= 0.6 is 0 Å². The highest BCUT2D eigenvalue weighted by Gasteiger charge is 2.25. The summed E-state index contributed by atoms with van der Waals surface area (Å²) in [5.41, 5.74) is 5.55. The highest BCUT2D eigenvalue weighted by molar-refractivity contribution is 5.76. The Balaban J connectivity index is 1.76. The minimum atomic E-state index is -0.184. The maximum absolute atomic E-state index is 12.1. The smallest absolute Gasteiger partial charge is 0.225 e. The molecule has 1 aromatic rings. The van der Waals surface area contributed by atoms with Gasteiger partial charge in [0.15, 0.2) is 0 Å². The molecule has 1 aliphatic heterocycles. The second kappa shape index (κ2) is 8.00. The number of para-hydroxylation sites is 1. The van der Waals surface area contributed by atoms with Gasteiger partial charge in [-0.25, -0.2) is 0 Å². The van der Waals surface area contributed by atoms with Crippen molar-refractivity contribution in [2.45, 2.75) is 31.5 Å². The standard InChI is InChI=1S/C16H24N2O3/c1-20-15(12-17)11-16(19)18-9-7-14(8-10-18)21-13-5-3-2-4-6-13/h2-6,14-15H,7-12,17H2,1H3. The van der Waals surface area contributed by atoms with E-state index < -0.39 is 0 Å². The molecule has 2 rings (SSSR count). The van der Waals surface area contributed by atoms with Crippen LogP contribution in [0.3, 0.4) is 0 Å². The van der Waals surface area contributed by atoms with Crippen molar-refractivity contribution in [1.82, 2.24) is 4.90 Å². The molecule has 1 amide bonds. The van der Waals surface area contributed by atoms with Gasteiger partial charge in [-0.3, -0.25) is 4.79 Å². The van der Waals surface area contributed by atoms with Crippen LogP contribution in [0.4, 0.5) is 0 Å². The Bertz CT molecular complexity index is 426. The van der Waals surface area contributed by atoms with Crippen LogP contribution in [0.25, 0.3) is 0 Å². The Morgan fingerprint density at radius 3 is 2.57 bits per heavy atom. The van der Waals surface area contributed by atoms with E-state index in [-0.39, 0.29) is 18.1 Å². The number of ether oxygens (including phenoxy) is 2. The monoisotopic (exact) mass is 292 g/mol. The van der Waals surface area contributed by atoms with Crippen molar-refractivity contribution in [3.63, 3.8) is 0 Å². The SMILES string of the molecule is COC(CN)CC(=O)N1CCC(Oc2ccccc2)CC1. The lowest BCUT2D eigenvalue weighted by Gasteiger charge is -2.32. The Kier molecular flexibility index (Phi) is 6.02. The molecule has 1 aliphatic rings. The Hall–Kier alpha value is -1.59. The Morgan fingerprint density at radius 1 is 1.33 bits per heavy atom. The van der Waals surface area contributed by atoms with Crippen molar-refractivity contribution >= 4 is 5.91 Å². The van der Waals surface area contributed by atoms with Crippen LogP contribution in [0.2, 0.25) is 0 Å². The topological polar surface area (TPSA) is 64.8 Å². The van der Waals surface area contributed by atoms with Gasteiger partial charge in [0.25, 0.3) is 0 Å². The molecule has 5 nitrogen and oxygen atoms in total. The van der Waals surface area contributed by atoms with Gasteiger partial charge in [0.1, 0.15) is 11.9 Å². The van der Waals surface area contributed by atoms with Crippen molar-refractivity contribution in [3.05, 3.63) is 30.3 Å². The molecule has 0 aromatic heterocycles. The minimum absolute atomic E-state index is 0.116. The molecule has 21 heavy (non-hydrogen) atoms. The quantitative estimate of drug-likeness (QED) is 0.861. The second-order valence-electron chi connectivity index (χ2n) is 5.31. The molecule has 1 atom stereocenters. The number of carbonyl (C=O) groups is 1. The number of likely N-dealkylation sites (tertiary alicyclic amines) is 1. The lowest BCUT2D eigenvalue weighted by atomic mass is 10.1. The van der Waals surface area contributed by atoms with Crippen LogP contribution in [-0.4, -0.2) is 49.8 Å². The van der Waals surface area contributed by atoms with Gasteiger partial charge < -0.3 is 20.1 Å². The summed E-state index contributed by atoms with van der Waals surface area (Å²) >= 11 is 0. The molecule has 0 bridgehead atoms. The number of methoxy groups -OCH3 is 1. The molecule has 1 fully saturated rings. The van der Waals surface area contributed by atoms with E-state index in [0.717, 1.165) is 31.7 Å². The molecular weight excluding hydrogens is 268 g/mol. The molecule has 0 spiro atoms. The van der Waals surface area contributed by atoms with Gasteiger partial charge in [0.05, 0.1) is 12.5 Å². The zero-order valence-electron chi connectivity index (χ0n) is 12.5. The van der Waals surface area contributed by atoms with Crippen LogP contribution < -0.4 is 10.5 Å². The fraction of sp³-hybridized carbons (Fsp3) is 0.562. The highest BCUT2D eigenvalue weighted by Crippen LogP contribution is 2.19. The van der Waals surface area contributed by atoms with Gasteiger partial charge >= 0.3 is 0 Å². The molecule has 0 aliphatic carbocycles. The van der Waals surface area contributed by atoms with Crippen molar-refractivity contribution in [2.75, 3.05) is 26.7 Å². The minimum Gasteiger partial charge on any atom is -0.490 e. The molecule has 1 aromatic carbocycles. The average molecular weight is 292 g/mol. The summed E-state index contributed by atoms with van der Waals surface area (Å²) in [6, 6.07) is 9.82. The molecule has 5 heteroatoms. The van der Waals surface area contributed by atoms with Crippen LogP contribution in [0, 0.1) is 0 Å². The van der Waals surface area contributed by atoms with Crippen LogP contribution in [0.15, 0.2) is 30.3 Å². The third kappa shape index (κ3) is 4.72. The summed E-state index contributed by atoms with van der Waals surface area (Å²) in [5.74, 6) is 1.01.